The van der Waals surface area contributed by atoms with Gasteiger partial charge in [-0.05, 0) is 89.8 Å². The molecule has 20 nitrogen and oxygen atoms in total. The first-order chi connectivity index (χ1) is 31.0. The molecule has 0 radical (unpaired) electrons. The fraction of sp³-hybridized carbons (Fsp3) is 0.837. The van der Waals surface area contributed by atoms with Crippen molar-refractivity contribution in [1.82, 2.24) is 56.2 Å². The van der Waals surface area contributed by atoms with Crippen molar-refractivity contribution in [3.63, 3.8) is 0 Å². The molecule has 0 spiro atoms. The van der Waals surface area contributed by atoms with Crippen molar-refractivity contribution in [3.05, 3.63) is 0 Å². The van der Waals surface area contributed by atoms with Gasteiger partial charge in [0.25, 0.3) is 0 Å². The molecular weight excluding hydrogens is 879 g/mol. The highest BCUT2D eigenvalue weighted by atomic mass is 32.2. The maximum Gasteiger partial charge on any atom is 0.249 e. The summed E-state index contributed by atoms with van der Waals surface area (Å²) in [4.78, 5) is 94.8. The Bertz CT molecular complexity index is 1900. The number of nitrogens with one attached hydrogen (secondary N) is 7. The second-order valence-electron chi connectivity index (χ2n) is 19.5. The maximum atomic E-state index is 13.5. The van der Waals surface area contributed by atoms with Crippen LogP contribution in [0.25, 0.3) is 0 Å². The van der Waals surface area contributed by atoms with Crippen LogP contribution in [0, 0.1) is 35.5 Å². The lowest BCUT2D eigenvalue weighted by Crippen LogP contribution is -2.55. The van der Waals surface area contributed by atoms with E-state index in [-0.39, 0.29) is 91.7 Å². The van der Waals surface area contributed by atoms with Crippen molar-refractivity contribution >= 4 is 63.1 Å². The number of hydrogen-bond donors (Lipinski definition) is 7. The minimum atomic E-state index is -3.34. The first kappa shape index (κ1) is 49.6. The predicted octanol–water partition coefficient (Wildman–Crippen LogP) is -1.85. The summed E-state index contributed by atoms with van der Waals surface area (Å²) >= 11 is 1.68. The number of imide groups is 2. The van der Waals surface area contributed by atoms with E-state index in [4.69, 9.17) is 0 Å². The van der Waals surface area contributed by atoms with Crippen molar-refractivity contribution in [2.24, 2.45) is 35.5 Å². The van der Waals surface area contributed by atoms with Crippen LogP contribution in [-0.4, -0.2) is 184 Å². The van der Waals surface area contributed by atoms with Crippen molar-refractivity contribution in [2.75, 3.05) is 85.0 Å². The predicted molar refractivity (Wildman–Crippen MR) is 243 cm³/mol. The number of likely N-dealkylation sites (N-methyl/N-ethyl adjacent to an activating group) is 2. The van der Waals surface area contributed by atoms with Gasteiger partial charge in [0.2, 0.25) is 51.4 Å². The van der Waals surface area contributed by atoms with Crippen LogP contribution in [-0.2, 0) is 43.6 Å². The lowest BCUT2D eigenvalue weighted by molar-refractivity contribution is -0.151. The van der Waals surface area contributed by atoms with Crippen molar-refractivity contribution < 1.29 is 42.0 Å². The third kappa shape index (κ3) is 12.6. The first-order valence-corrected chi connectivity index (χ1v) is 26.7. The highest BCUT2D eigenvalue weighted by molar-refractivity contribution is 8.00. The Balaban J connectivity index is 0.763. The monoisotopic (exact) mass is 949 g/mol. The summed E-state index contributed by atoms with van der Waals surface area (Å²) in [5.41, 5.74) is -0.228. The number of amides is 7. The number of nitrogens with zero attached hydrogens (tertiary/aromatic N) is 4. The molecular formula is C43H71N11O9S2. The maximum absolute atomic E-state index is 13.5. The molecule has 2 saturated carbocycles. The number of piperidine rings is 2. The fourth-order valence-electron chi connectivity index (χ4n) is 11.4. The minimum absolute atomic E-state index is 0.0255. The Labute approximate surface area is 387 Å². The summed E-state index contributed by atoms with van der Waals surface area (Å²) in [5, 5.41) is 21.8. The van der Waals surface area contributed by atoms with Gasteiger partial charge in [-0.1, -0.05) is 19.3 Å². The van der Waals surface area contributed by atoms with Gasteiger partial charge in [0, 0.05) is 63.5 Å². The smallest absolute Gasteiger partial charge is 0.249 e. The number of carbonyl (C=O) groups excluding carboxylic acids is 7. The number of thioether (sulfide) groups is 1. The third-order valence-corrected chi connectivity index (χ3v) is 17.5. The van der Waals surface area contributed by atoms with E-state index in [0.717, 1.165) is 62.0 Å². The molecule has 5 aliphatic heterocycles. The summed E-state index contributed by atoms with van der Waals surface area (Å²) in [7, 11) is 0.646. The SMILES string of the molecule is CN(CCNC(=O)CN(C)C1CC(C2CCCC(C3CSC(NC(=O)CNC(=O)C4CCN(S(C)(=O)=O)C4)N3)C2)CCN1)CCNC1CCCC2C(=O)N(C3CCC(=O)NC3=O)C(=O)C12. The van der Waals surface area contributed by atoms with Crippen LogP contribution in [0.5, 0.6) is 0 Å². The van der Waals surface area contributed by atoms with Crippen molar-refractivity contribution in [2.45, 2.75) is 107 Å². The zero-order chi connectivity index (χ0) is 46.4. The summed E-state index contributed by atoms with van der Waals surface area (Å²) in [5.74, 6) is -1.02. The molecule has 0 aromatic heterocycles. The van der Waals surface area contributed by atoms with E-state index in [1.807, 2.05) is 14.1 Å². The fourth-order valence-corrected chi connectivity index (χ4v) is 13.6. The van der Waals surface area contributed by atoms with Gasteiger partial charge in [-0.3, -0.25) is 54.0 Å². The molecule has 364 valence electrons. The van der Waals surface area contributed by atoms with Crippen LogP contribution < -0.4 is 37.2 Å². The quantitative estimate of drug-likeness (QED) is 0.0746. The largest absolute Gasteiger partial charge is 0.354 e. The minimum Gasteiger partial charge on any atom is -0.354 e. The number of rotatable bonds is 18. The summed E-state index contributed by atoms with van der Waals surface area (Å²) in [6, 6.07) is -0.806. The lowest BCUT2D eigenvalue weighted by Gasteiger charge is -2.42. The summed E-state index contributed by atoms with van der Waals surface area (Å²) in [6.07, 6.45) is 10.9. The van der Waals surface area contributed by atoms with Gasteiger partial charge in [0.1, 0.15) is 11.5 Å². The summed E-state index contributed by atoms with van der Waals surface area (Å²) in [6.45, 7) is 3.94. The van der Waals surface area contributed by atoms with E-state index in [0.29, 0.717) is 63.3 Å². The lowest BCUT2D eigenvalue weighted by atomic mass is 9.70. The molecule has 65 heavy (non-hydrogen) atoms. The van der Waals surface area contributed by atoms with Crippen LogP contribution in [0.3, 0.4) is 0 Å². The third-order valence-electron chi connectivity index (χ3n) is 15.1. The first-order valence-electron chi connectivity index (χ1n) is 23.8. The molecule has 0 aromatic carbocycles. The second-order valence-corrected chi connectivity index (χ2v) is 22.6. The van der Waals surface area contributed by atoms with Gasteiger partial charge in [-0.2, -0.15) is 0 Å². The molecule has 5 saturated heterocycles. The topological polar surface area (TPSA) is 251 Å². The number of carbonyl (C=O) groups is 7. The molecule has 2 aliphatic carbocycles. The normalized spacial score (nSPS) is 33.6. The van der Waals surface area contributed by atoms with E-state index in [1.165, 1.54) is 17.1 Å². The average molecular weight is 950 g/mol. The van der Waals surface area contributed by atoms with E-state index in [1.54, 1.807) is 11.8 Å². The average Bonchev–Trinajstić information content (AvgIpc) is 4.03. The van der Waals surface area contributed by atoms with E-state index < -0.39 is 39.7 Å². The molecule has 7 aliphatic rings. The van der Waals surface area contributed by atoms with Crippen molar-refractivity contribution in [1.29, 1.82) is 0 Å². The molecule has 11 unspecified atom stereocenters. The zero-order valence-electron chi connectivity index (χ0n) is 38.2. The molecule has 11 atom stereocenters. The molecule has 0 bridgehead atoms. The van der Waals surface area contributed by atoms with Crippen LogP contribution in [0.4, 0.5) is 0 Å². The number of sulfonamides is 1. The van der Waals surface area contributed by atoms with Gasteiger partial charge < -0.3 is 31.5 Å². The molecule has 5 heterocycles. The van der Waals surface area contributed by atoms with Gasteiger partial charge in [0.15, 0.2) is 0 Å². The highest BCUT2D eigenvalue weighted by Crippen LogP contribution is 2.42. The van der Waals surface area contributed by atoms with Gasteiger partial charge in [-0.25, -0.2) is 12.7 Å². The second kappa shape index (κ2) is 22.2. The Morgan fingerprint density at radius 2 is 1.62 bits per heavy atom. The van der Waals surface area contributed by atoms with Crippen LogP contribution in [0.15, 0.2) is 0 Å². The van der Waals surface area contributed by atoms with Crippen LogP contribution in [0.2, 0.25) is 0 Å². The Morgan fingerprint density at radius 3 is 2.38 bits per heavy atom. The summed E-state index contributed by atoms with van der Waals surface area (Å²) < 4.78 is 24.9. The Morgan fingerprint density at radius 1 is 0.862 bits per heavy atom. The number of likely N-dealkylation sites (tertiary alicyclic amines) is 1. The molecule has 7 fully saturated rings. The number of fused-ring (bicyclic) bond motifs is 1. The molecule has 7 N–H and O–H groups in total. The van der Waals surface area contributed by atoms with Crippen molar-refractivity contribution in [3.8, 4) is 0 Å². The van der Waals surface area contributed by atoms with E-state index >= 15 is 0 Å². The van der Waals surface area contributed by atoms with E-state index in [2.05, 4.69) is 47.0 Å². The Hall–Kier alpha value is -3.25. The molecule has 22 heteroatoms. The molecule has 7 amide bonds. The molecule has 7 rings (SSSR count). The zero-order valence-corrected chi connectivity index (χ0v) is 39.8. The number of hydrogen-bond acceptors (Lipinski definition) is 15. The highest BCUT2D eigenvalue weighted by Gasteiger charge is 2.55. The van der Waals surface area contributed by atoms with Crippen LogP contribution in [0.1, 0.15) is 77.0 Å². The Kier molecular flexibility index (Phi) is 17.0. The van der Waals surface area contributed by atoms with E-state index in [9.17, 15) is 42.0 Å². The molecule has 0 aromatic rings. The van der Waals surface area contributed by atoms with Crippen LogP contribution >= 0.6 is 11.8 Å². The van der Waals surface area contributed by atoms with Gasteiger partial charge in [0.05, 0.1) is 43.3 Å². The van der Waals surface area contributed by atoms with Gasteiger partial charge >= 0.3 is 0 Å². The van der Waals surface area contributed by atoms with Gasteiger partial charge in [-0.15, -0.1) is 11.8 Å². The standard InChI is InChI=1S/C43H71N11O9S2/c1-51(18-15-44-31-9-5-8-30-38(31)42(61)54(41(30)60)33-10-11-35(55)49-40(33)59)19-16-46-37(57)24-52(2)34-21-27(12-14-45-34)26-6-4-7-28(20-26)32-25-64-43(48-32)50-36(56)22-47-39(58)29-13-17-53(23-29)65(3,62)63/h26-34,38,43-45,48H,4-25H2,1-3H3,(H,46,57)(H,47,58)(H,50,56)(H,49,55,59).